The fourth-order valence-electron chi connectivity index (χ4n) is 1.90. The fraction of sp³-hybridized carbons (Fsp3) is 0.500. The second-order valence-corrected chi connectivity index (χ2v) is 6.26. The predicted octanol–water partition coefficient (Wildman–Crippen LogP) is 1.85. The highest BCUT2D eigenvalue weighted by Crippen LogP contribution is 2.29. The number of carbonyl (C=O) groups excluding carboxylic acids is 1. The van der Waals surface area contributed by atoms with Crippen LogP contribution in [0, 0.1) is 5.41 Å². The van der Waals surface area contributed by atoms with Gasteiger partial charge in [0.15, 0.2) is 0 Å². The second kappa shape index (κ2) is 7.96. The van der Waals surface area contributed by atoms with E-state index in [2.05, 4.69) is 5.32 Å². The third-order valence-electron chi connectivity index (χ3n) is 3.06. The molecular formula is C14H20Cl2N2O3. The van der Waals surface area contributed by atoms with Crippen molar-refractivity contribution >= 4 is 34.8 Å². The van der Waals surface area contributed by atoms with Gasteiger partial charge in [-0.1, -0.05) is 36.2 Å². The predicted molar refractivity (Wildman–Crippen MR) is 84.9 cm³/mol. The first-order valence-electron chi connectivity index (χ1n) is 6.45. The van der Waals surface area contributed by atoms with Crippen LogP contribution in [-0.4, -0.2) is 54.4 Å². The quantitative estimate of drug-likeness (QED) is 0.711. The number of likely N-dealkylation sites (N-methyl/N-ethyl adjacent to an activating group) is 1. The monoisotopic (exact) mass is 334 g/mol. The van der Waals surface area contributed by atoms with Crippen molar-refractivity contribution in [1.82, 2.24) is 4.90 Å². The number of hydrogen-bond donors (Lipinski definition) is 3. The van der Waals surface area contributed by atoms with Crippen LogP contribution in [0.1, 0.15) is 6.92 Å². The molecule has 0 saturated carbocycles. The van der Waals surface area contributed by atoms with Crippen molar-refractivity contribution in [3.05, 3.63) is 28.2 Å². The van der Waals surface area contributed by atoms with Crippen LogP contribution in [0.5, 0.6) is 0 Å². The van der Waals surface area contributed by atoms with Crippen molar-refractivity contribution in [2.45, 2.75) is 6.92 Å². The molecule has 0 atom stereocenters. The molecule has 0 aliphatic heterocycles. The standard InChI is InChI=1S/C14H20Cl2N2O3/c1-14(8-19,9-20)7-18(2)6-12(21)17-13-10(15)4-3-5-11(13)16/h3-5,19-20H,6-9H2,1-2H3,(H,17,21). The fourth-order valence-corrected chi connectivity index (χ4v) is 2.39. The highest BCUT2D eigenvalue weighted by atomic mass is 35.5. The van der Waals surface area contributed by atoms with Gasteiger partial charge in [-0.05, 0) is 19.2 Å². The number of rotatable bonds is 7. The third kappa shape index (κ3) is 5.45. The molecule has 3 N–H and O–H groups in total. The van der Waals surface area contributed by atoms with Gasteiger partial charge in [-0.25, -0.2) is 0 Å². The first-order chi connectivity index (χ1) is 9.81. The SMILES string of the molecule is CN(CC(=O)Nc1c(Cl)cccc1Cl)CC(C)(CO)CO. The summed E-state index contributed by atoms with van der Waals surface area (Å²) in [4.78, 5) is 13.7. The van der Waals surface area contributed by atoms with Crippen LogP contribution >= 0.6 is 23.2 Å². The van der Waals surface area contributed by atoms with Crippen molar-refractivity contribution < 1.29 is 15.0 Å². The van der Waals surface area contributed by atoms with E-state index in [0.717, 1.165) is 0 Å². The van der Waals surface area contributed by atoms with Crippen LogP contribution in [-0.2, 0) is 4.79 Å². The molecule has 0 bridgehead atoms. The summed E-state index contributed by atoms with van der Waals surface area (Å²) in [5.41, 5.74) is -0.275. The number of aliphatic hydroxyl groups excluding tert-OH is 2. The molecule has 1 rings (SSSR count). The molecule has 0 spiro atoms. The summed E-state index contributed by atoms with van der Waals surface area (Å²) in [6.07, 6.45) is 0. The molecule has 0 aromatic heterocycles. The first kappa shape index (κ1) is 18.2. The van der Waals surface area contributed by atoms with Gasteiger partial charge in [0.2, 0.25) is 5.91 Å². The molecule has 118 valence electrons. The van der Waals surface area contributed by atoms with E-state index < -0.39 is 5.41 Å². The van der Waals surface area contributed by atoms with Gasteiger partial charge in [-0.15, -0.1) is 0 Å². The number of anilines is 1. The van der Waals surface area contributed by atoms with Crippen molar-refractivity contribution in [1.29, 1.82) is 0 Å². The molecule has 7 heteroatoms. The van der Waals surface area contributed by atoms with Crippen molar-refractivity contribution in [3.63, 3.8) is 0 Å². The summed E-state index contributed by atoms with van der Waals surface area (Å²) in [6.45, 7) is 1.89. The summed E-state index contributed by atoms with van der Waals surface area (Å²) in [7, 11) is 1.73. The summed E-state index contributed by atoms with van der Waals surface area (Å²) >= 11 is 12.0. The Bertz CT molecular complexity index is 473. The number of nitrogens with one attached hydrogen (secondary N) is 1. The summed E-state index contributed by atoms with van der Waals surface area (Å²) in [6, 6.07) is 4.98. The Morgan fingerprint density at radius 1 is 1.29 bits per heavy atom. The highest BCUT2D eigenvalue weighted by molar-refractivity contribution is 6.39. The molecule has 0 aliphatic carbocycles. The number of nitrogens with zero attached hydrogens (tertiary/aromatic N) is 1. The van der Waals surface area contributed by atoms with Gasteiger partial charge in [0.25, 0.3) is 0 Å². The molecule has 1 aromatic carbocycles. The first-order valence-corrected chi connectivity index (χ1v) is 7.21. The van der Waals surface area contributed by atoms with Crippen LogP contribution in [0.2, 0.25) is 10.0 Å². The van der Waals surface area contributed by atoms with Gasteiger partial charge >= 0.3 is 0 Å². The molecule has 1 aromatic rings. The smallest absolute Gasteiger partial charge is 0.238 e. The Hall–Kier alpha value is -0.850. The van der Waals surface area contributed by atoms with Gasteiger partial charge in [0.05, 0.1) is 35.5 Å². The Morgan fingerprint density at radius 3 is 2.29 bits per heavy atom. The van der Waals surface area contributed by atoms with E-state index in [0.29, 0.717) is 22.3 Å². The van der Waals surface area contributed by atoms with Crippen LogP contribution in [0.3, 0.4) is 0 Å². The Morgan fingerprint density at radius 2 is 1.81 bits per heavy atom. The van der Waals surface area contributed by atoms with E-state index in [1.165, 1.54) is 0 Å². The number of amides is 1. The zero-order chi connectivity index (χ0) is 16.0. The van der Waals surface area contributed by atoms with E-state index in [1.807, 2.05) is 0 Å². The molecule has 0 heterocycles. The third-order valence-corrected chi connectivity index (χ3v) is 3.69. The molecule has 0 unspecified atom stereocenters. The minimum atomic E-state index is -0.656. The highest BCUT2D eigenvalue weighted by Gasteiger charge is 2.25. The molecule has 0 fully saturated rings. The van der Waals surface area contributed by atoms with Gasteiger partial charge in [-0.2, -0.15) is 0 Å². The number of halogens is 2. The minimum Gasteiger partial charge on any atom is -0.396 e. The van der Waals surface area contributed by atoms with Crippen LogP contribution in [0.4, 0.5) is 5.69 Å². The van der Waals surface area contributed by atoms with E-state index >= 15 is 0 Å². The maximum absolute atomic E-state index is 12.0. The number of benzene rings is 1. The molecule has 5 nitrogen and oxygen atoms in total. The largest absolute Gasteiger partial charge is 0.396 e. The van der Waals surface area contributed by atoms with Gasteiger partial charge < -0.3 is 15.5 Å². The average molecular weight is 335 g/mol. The van der Waals surface area contributed by atoms with Crippen molar-refractivity contribution in [2.24, 2.45) is 5.41 Å². The average Bonchev–Trinajstić information content (AvgIpc) is 2.42. The maximum Gasteiger partial charge on any atom is 0.238 e. The van der Waals surface area contributed by atoms with Crippen molar-refractivity contribution in [3.8, 4) is 0 Å². The molecular weight excluding hydrogens is 315 g/mol. The lowest BCUT2D eigenvalue weighted by Crippen LogP contribution is -2.42. The zero-order valence-electron chi connectivity index (χ0n) is 12.1. The zero-order valence-corrected chi connectivity index (χ0v) is 13.6. The van der Waals surface area contributed by atoms with Crippen LogP contribution < -0.4 is 5.32 Å². The molecule has 21 heavy (non-hydrogen) atoms. The molecule has 1 amide bonds. The lowest BCUT2D eigenvalue weighted by molar-refractivity contribution is -0.117. The second-order valence-electron chi connectivity index (χ2n) is 5.44. The Kier molecular flexibility index (Phi) is 6.90. The van der Waals surface area contributed by atoms with E-state index in [4.69, 9.17) is 23.2 Å². The van der Waals surface area contributed by atoms with Crippen LogP contribution in [0.25, 0.3) is 0 Å². The van der Waals surface area contributed by atoms with E-state index in [-0.39, 0.29) is 25.7 Å². The van der Waals surface area contributed by atoms with Gasteiger partial charge in [0, 0.05) is 12.0 Å². The summed E-state index contributed by atoms with van der Waals surface area (Å²) in [5, 5.41) is 21.9. The molecule has 0 aliphatic rings. The Balaban J connectivity index is 2.62. The summed E-state index contributed by atoms with van der Waals surface area (Å²) in [5.74, 6) is -0.272. The summed E-state index contributed by atoms with van der Waals surface area (Å²) < 4.78 is 0. The van der Waals surface area contributed by atoms with E-state index in [1.54, 1.807) is 37.1 Å². The normalized spacial score (nSPS) is 11.8. The Labute approximate surface area is 134 Å². The number of para-hydroxylation sites is 1. The molecule has 0 saturated heterocycles. The number of hydrogen-bond acceptors (Lipinski definition) is 4. The van der Waals surface area contributed by atoms with Gasteiger partial charge in [-0.3, -0.25) is 9.69 Å². The van der Waals surface area contributed by atoms with Crippen LogP contribution in [0.15, 0.2) is 18.2 Å². The topological polar surface area (TPSA) is 72.8 Å². The van der Waals surface area contributed by atoms with Crippen molar-refractivity contribution in [2.75, 3.05) is 38.7 Å². The maximum atomic E-state index is 12.0. The van der Waals surface area contributed by atoms with E-state index in [9.17, 15) is 15.0 Å². The lowest BCUT2D eigenvalue weighted by atomic mass is 9.92. The number of aliphatic hydroxyl groups is 2. The minimum absolute atomic E-state index is 0.0944. The van der Waals surface area contributed by atoms with Gasteiger partial charge in [0.1, 0.15) is 0 Å². The lowest BCUT2D eigenvalue weighted by Gasteiger charge is -2.30. The number of carbonyl (C=O) groups is 1. The molecule has 0 radical (unpaired) electrons.